The molecular weight excluding hydrogens is 268 g/mol. The number of carbonyl (C=O) groups is 1. The van der Waals surface area contributed by atoms with E-state index in [0.29, 0.717) is 18.3 Å². The number of ether oxygens (including phenoxy) is 1. The molecule has 1 aliphatic heterocycles. The Labute approximate surface area is 126 Å². The molecule has 2 N–H and O–H groups in total. The Kier molecular flexibility index (Phi) is 5.22. The molecule has 1 unspecified atom stereocenters. The van der Waals surface area contributed by atoms with Crippen molar-refractivity contribution >= 4 is 11.8 Å². The topological polar surface area (TPSA) is 73.4 Å². The fraction of sp³-hybridized carbons (Fsp3) is 0.733. The van der Waals surface area contributed by atoms with E-state index in [1.807, 2.05) is 11.5 Å². The number of carbonyl (C=O) groups excluding carboxylic acids is 1. The molecule has 2 rings (SSSR count). The van der Waals surface area contributed by atoms with Crippen LogP contribution >= 0.6 is 0 Å². The first-order valence-electron chi connectivity index (χ1n) is 7.75. The lowest BCUT2D eigenvalue weighted by molar-refractivity contribution is 0.0521. The van der Waals surface area contributed by atoms with Crippen molar-refractivity contribution in [1.29, 1.82) is 0 Å². The van der Waals surface area contributed by atoms with Gasteiger partial charge in [0.05, 0.1) is 6.61 Å². The quantitative estimate of drug-likeness (QED) is 0.808. The zero-order valence-electron chi connectivity index (χ0n) is 13.3. The first-order valence-corrected chi connectivity index (χ1v) is 7.75. The molecule has 0 amide bonds. The van der Waals surface area contributed by atoms with Crippen LogP contribution < -0.4 is 5.73 Å². The Morgan fingerprint density at radius 1 is 1.38 bits per heavy atom. The molecule has 21 heavy (non-hydrogen) atoms. The van der Waals surface area contributed by atoms with Gasteiger partial charge in [0.25, 0.3) is 0 Å². The van der Waals surface area contributed by atoms with E-state index in [4.69, 9.17) is 10.5 Å². The zero-order chi connectivity index (χ0) is 15.4. The Hall–Kier alpha value is -1.56. The molecule has 0 spiro atoms. The molecule has 1 aromatic heterocycles. The summed E-state index contributed by atoms with van der Waals surface area (Å²) < 4.78 is 6.91. The number of rotatable bonds is 6. The molecule has 0 radical (unpaired) electrons. The number of likely N-dealkylation sites (tertiary alicyclic amines) is 1. The predicted octanol–water partition coefficient (Wildman–Crippen LogP) is 1.68. The third kappa shape index (κ3) is 3.75. The van der Waals surface area contributed by atoms with E-state index in [-0.39, 0.29) is 5.69 Å². The van der Waals surface area contributed by atoms with Gasteiger partial charge in [-0.1, -0.05) is 6.92 Å². The lowest BCUT2D eigenvalue weighted by Gasteiger charge is -2.21. The number of hydrogen-bond acceptors (Lipinski definition) is 5. The van der Waals surface area contributed by atoms with Crippen molar-refractivity contribution in [2.75, 3.05) is 32.0 Å². The summed E-state index contributed by atoms with van der Waals surface area (Å²) in [6.45, 7) is 10.4. The molecule has 1 aliphatic rings. The summed E-state index contributed by atoms with van der Waals surface area (Å²) in [5.41, 5.74) is 6.32. The van der Waals surface area contributed by atoms with Crippen LogP contribution in [-0.4, -0.2) is 46.7 Å². The average Bonchev–Trinajstić information content (AvgIpc) is 3.02. The first kappa shape index (κ1) is 15.8. The highest BCUT2D eigenvalue weighted by Crippen LogP contribution is 2.19. The van der Waals surface area contributed by atoms with Crippen LogP contribution in [0.5, 0.6) is 0 Å². The fourth-order valence-electron chi connectivity index (χ4n) is 2.94. The summed E-state index contributed by atoms with van der Waals surface area (Å²) in [4.78, 5) is 18.6. The molecule has 0 aliphatic carbocycles. The smallest absolute Gasteiger partial charge is 0.360 e. The first-order chi connectivity index (χ1) is 10.0. The second-order valence-corrected chi connectivity index (χ2v) is 5.84. The summed E-state index contributed by atoms with van der Waals surface area (Å²) in [6, 6.07) is 0. The molecule has 1 aromatic rings. The van der Waals surface area contributed by atoms with Crippen LogP contribution in [0.3, 0.4) is 0 Å². The van der Waals surface area contributed by atoms with Crippen LogP contribution in [0.15, 0.2) is 0 Å². The maximum atomic E-state index is 11.8. The SMILES string of the molecule is CCOC(=O)c1nc(C)n(CC(C)CN2CCCC2)c1N. The van der Waals surface area contributed by atoms with Gasteiger partial charge >= 0.3 is 5.97 Å². The number of hydrogen-bond donors (Lipinski definition) is 1. The number of nitrogen functional groups attached to an aromatic ring is 1. The molecule has 0 aromatic carbocycles. The molecule has 0 bridgehead atoms. The summed E-state index contributed by atoms with van der Waals surface area (Å²) >= 11 is 0. The largest absolute Gasteiger partial charge is 0.461 e. The standard InChI is InChI=1S/C15H26N4O2/c1-4-21-15(20)13-14(16)19(12(3)17-13)10-11(2)9-18-7-5-6-8-18/h11H,4-10,16H2,1-3H3. The Bertz CT molecular complexity index is 492. The molecule has 118 valence electrons. The maximum Gasteiger partial charge on any atom is 0.360 e. The maximum absolute atomic E-state index is 11.8. The third-order valence-corrected chi connectivity index (χ3v) is 3.93. The molecule has 1 saturated heterocycles. The van der Waals surface area contributed by atoms with Gasteiger partial charge in [0.15, 0.2) is 5.69 Å². The highest BCUT2D eigenvalue weighted by atomic mass is 16.5. The van der Waals surface area contributed by atoms with E-state index in [1.165, 1.54) is 25.9 Å². The van der Waals surface area contributed by atoms with Crippen LogP contribution in [0.1, 0.15) is 43.0 Å². The minimum atomic E-state index is -0.441. The summed E-state index contributed by atoms with van der Waals surface area (Å²) in [6.07, 6.45) is 2.60. The van der Waals surface area contributed by atoms with Crippen molar-refractivity contribution in [3.05, 3.63) is 11.5 Å². The van der Waals surface area contributed by atoms with Crippen LogP contribution in [0.25, 0.3) is 0 Å². The van der Waals surface area contributed by atoms with Crippen molar-refractivity contribution in [2.45, 2.75) is 40.2 Å². The van der Waals surface area contributed by atoms with Gasteiger partial charge in [0.2, 0.25) is 0 Å². The molecule has 1 fully saturated rings. The lowest BCUT2D eigenvalue weighted by atomic mass is 10.1. The summed E-state index contributed by atoms with van der Waals surface area (Å²) in [7, 11) is 0. The van der Waals surface area contributed by atoms with Crippen LogP contribution in [0.2, 0.25) is 0 Å². The molecular formula is C15H26N4O2. The monoisotopic (exact) mass is 294 g/mol. The number of imidazole rings is 1. The lowest BCUT2D eigenvalue weighted by Crippen LogP contribution is -2.28. The Morgan fingerprint density at radius 3 is 2.67 bits per heavy atom. The molecule has 1 atom stereocenters. The third-order valence-electron chi connectivity index (χ3n) is 3.93. The van der Waals surface area contributed by atoms with Gasteiger partial charge in [-0.15, -0.1) is 0 Å². The van der Waals surface area contributed by atoms with E-state index in [2.05, 4.69) is 16.8 Å². The number of aromatic nitrogens is 2. The minimum Gasteiger partial charge on any atom is -0.461 e. The van der Waals surface area contributed by atoms with Gasteiger partial charge in [-0.05, 0) is 45.7 Å². The highest BCUT2D eigenvalue weighted by molar-refractivity contribution is 5.92. The molecule has 6 heteroatoms. The Balaban J connectivity index is 2.03. The van der Waals surface area contributed by atoms with Crippen molar-refractivity contribution in [3.8, 4) is 0 Å². The minimum absolute atomic E-state index is 0.239. The van der Waals surface area contributed by atoms with Crippen LogP contribution in [-0.2, 0) is 11.3 Å². The van der Waals surface area contributed by atoms with Gasteiger partial charge in [0.1, 0.15) is 11.6 Å². The normalized spacial score (nSPS) is 17.1. The number of nitrogens with two attached hydrogens (primary N) is 1. The van der Waals surface area contributed by atoms with Crippen molar-refractivity contribution < 1.29 is 9.53 Å². The van der Waals surface area contributed by atoms with E-state index >= 15 is 0 Å². The summed E-state index contributed by atoms with van der Waals surface area (Å²) in [5.74, 6) is 1.21. The van der Waals surface area contributed by atoms with Crippen molar-refractivity contribution in [2.24, 2.45) is 5.92 Å². The second kappa shape index (κ2) is 6.93. The fourth-order valence-corrected chi connectivity index (χ4v) is 2.94. The summed E-state index contributed by atoms with van der Waals surface area (Å²) in [5, 5.41) is 0. The van der Waals surface area contributed by atoms with Crippen LogP contribution in [0, 0.1) is 12.8 Å². The van der Waals surface area contributed by atoms with Crippen molar-refractivity contribution in [3.63, 3.8) is 0 Å². The number of anilines is 1. The van der Waals surface area contributed by atoms with Crippen LogP contribution in [0.4, 0.5) is 5.82 Å². The number of aryl methyl sites for hydroxylation is 1. The van der Waals surface area contributed by atoms with Gasteiger partial charge in [0, 0.05) is 13.1 Å². The predicted molar refractivity (Wildman–Crippen MR) is 82.2 cm³/mol. The zero-order valence-corrected chi connectivity index (χ0v) is 13.3. The molecule has 2 heterocycles. The van der Waals surface area contributed by atoms with Gasteiger partial charge < -0.3 is 19.9 Å². The van der Waals surface area contributed by atoms with Gasteiger partial charge in [-0.2, -0.15) is 0 Å². The number of esters is 1. The average molecular weight is 294 g/mol. The molecule has 0 saturated carbocycles. The molecule has 6 nitrogen and oxygen atoms in total. The Morgan fingerprint density at radius 2 is 2.05 bits per heavy atom. The van der Waals surface area contributed by atoms with E-state index in [9.17, 15) is 4.79 Å². The van der Waals surface area contributed by atoms with Crippen molar-refractivity contribution in [1.82, 2.24) is 14.5 Å². The van der Waals surface area contributed by atoms with E-state index in [0.717, 1.165) is 18.9 Å². The highest BCUT2D eigenvalue weighted by Gasteiger charge is 2.21. The van der Waals surface area contributed by atoms with E-state index in [1.54, 1.807) is 6.92 Å². The van der Waals surface area contributed by atoms with Gasteiger partial charge in [-0.25, -0.2) is 9.78 Å². The number of nitrogens with zero attached hydrogens (tertiary/aromatic N) is 3. The second-order valence-electron chi connectivity index (χ2n) is 5.84. The van der Waals surface area contributed by atoms with Gasteiger partial charge in [-0.3, -0.25) is 0 Å². The van der Waals surface area contributed by atoms with E-state index < -0.39 is 5.97 Å².